The second kappa shape index (κ2) is 6.58. The molecule has 2 N–H and O–H groups in total. The molecular formula is C17H24N2OS. The summed E-state index contributed by atoms with van der Waals surface area (Å²) < 4.78 is 5.42. The van der Waals surface area contributed by atoms with Crippen molar-refractivity contribution in [2.24, 2.45) is 5.73 Å². The van der Waals surface area contributed by atoms with Gasteiger partial charge in [-0.2, -0.15) is 0 Å². The van der Waals surface area contributed by atoms with Gasteiger partial charge in [0.2, 0.25) is 0 Å². The van der Waals surface area contributed by atoms with Crippen LogP contribution in [0.2, 0.25) is 0 Å². The molecule has 1 aromatic heterocycles. The number of methoxy groups -OCH3 is 1. The first kappa shape index (κ1) is 16.0. The van der Waals surface area contributed by atoms with Crippen molar-refractivity contribution in [2.45, 2.75) is 45.6 Å². The number of aryl methyl sites for hydroxylation is 1. The first-order valence-electron chi connectivity index (χ1n) is 7.35. The fourth-order valence-electron chi connectivity index (χ4n) is 2.40. The van der Waals surface area contributed by atoms with E-state index in [0.29, 0.717) is 0 Å². The zero-order chi connectivity index (χ0) is 15.5. The largest absolute Gasteiger partial charge is 0.496 e. The van der Waals surface area contributed by atoms with Gasteiger partial charge in [-0.05, 0) is 26.3 Å². The SMILES string of the molecule is CCCc1nc(Cc2ccccc2OC)sc1C(C)(C)N. The lowest BCUT2D eigenvalue weighted by atomic mass is 10.0. The highest BCUT2D eigenvalue weighted by Gasteiger charge is 2.23. The van der Waals surface area contributed by atoms with Crippen LogP contribution >= 0.6 is 11.3 Å². The Labute approximate surface area is 131 Å². The number of para-hydroxylation sites is 1. The summed E-state index contributed by atoms with van der Waals surface area (Å²) in [6, 6.07) is 8.10. The maximum Gasteiger partial charge on any atom is 0.122 e. The van der Waals surface area contributed by atoms with Crippen LogP contribution in [0.3, 0.4) is 0 Å². The molecule has 0 spiro atoms. The number of rotatable bonds is 6. The van der Waals surface area contributed by atoms with Crippen LogP contribution in [-0.2, 0) is 18.4 Å². The molecule has 2 aromatic rings. The van der Waals surface area contributed by atoms with Gasteiger partial charge < -0.3 is 10.5 Å². The van der Waals surface area contributed by atoms with E-state index < -0.39 is 0 Å². The van der Waals surface area contributed by atoms with Crippen molar-refractivity contribution < 1.29 is 4.74 Å². The monoisotopic (exact) mass is 304 g/mol. The molecule has 0 aliphatic rings. The predicted molar refractivity (Wildman–Crippen MR) is 89.1 cm³/mol. The highest BCUT2D eigenvalue weighted by molar-refractivity contribution is 7.11. The number of benzene rings is 1. The van der Waals surface area contributed by atoms with Crippen molar-refractivity contribution >= 4 is 11.3 Å². The molecule has 114 valence electrons. The van der Waals surface area contributed by atoms with Crippen molar-refractivity contribution in [3.63, 3.8) is 0 Å². The van der Waals surface area contributed by atoms with E-state index in [1.165, 1.54) is 4.88 Å². The Morgan fingerprint density at radius 3 is 2.62 bits per heavy atom. The molecule has 2 rings (SSSR count). The van der Waals surface area contributed by atoms with Gasteiger partial charge in [0, 0.05) is 22.4 Å². The van der Waals surface area contributed by atoms with Crippen molar-refractivity contribution in [3.05, 3.63) is 45.4 Å². The summed E-state index contributed by atoms with van der Waals surface area (Å²) in [6.07, 6.45) is 2.86. The smallest absolute Gasteiger partial charge is 0.122 e. The second-order valence-corrected chi connectivity index (χ2v) is 6.93. The summed E-state index contributed by atoms with van der Waals surface area (Å²) in [4.78, 5) is 6.02. The number of hydrogen-bond acceptors (Lipinski definition) is 4. The Morgan fingerprint density at radius 1 is 1.29 bits per heavy atom. The van der Waals surface area contributed by atoms with Gasteiger partial charge in [0.25, 0.3) is 0 Å². The van der Waals surface area contributed by atoms with E-state index >= 15 is 0 Å². The van der Waals surface area contributed by atoms with Crippen LogP contribution in [0, 0.1) is 0 Å². The molecule has 21 heavy (non-hydrogen) atoms. The summed E-state index contributed by atoms with van der Waals surface area (Å²) in [5.41, 5.74) is 8.28. The lowest BCUT2D eigenvalue weighted by Gasteiger charge is -2.17. The first-order valence-corrected chi connectivity index (χ1v) is 8.17. The van der Waals surface area contributed by atoms with Crippen molar-refractivity contribution in [2.75, 3.05) is 7.11 Å². The normalized spacial score (nSPS) is 11.7. The van der Waals surface area contributed by atoms with Gasteiger partial charge in [-0.1, -0.05) is 31.5 Å². The van der Waals surface area contributed by atoms with Gasteiger partial charge in [0.1, 0.15) is 5.75 Å². The Bertz CT molecular complexity index is 599. The number of thiazole rings is 1. The minimum atomic E-state index is -0.332. The minimum Gasteiger partial charge on any atom is -0.496 e. The second-order valence-electron chi connectivity index (χ2n) is 5.84. The zero-order valence-corrected chi connectivity index (χ0v) is 14.1. The molecule has 1 aromatic carbocycles. The lowest BCUT2D eigenvalue weighted by molar-refractivity contribution is 0.410. The van der Waals surface area contributed by atoms with Crippen molar-refractivity contribution in [3.8, 4) is 5.75 Å². The van der Waals surface area contributed by atoms with Crippen LogP contribution in [0.25, 0.3) is 0 Å². The van der Waals surface area contributed by atoms with E-state index in [0.717, 1.165) is 41.3 Å². The Morgan fingerprint density at radius 2 is 2.00 bits per heavy atom. The molecule has 0 unspecified atom stereocenters. The summed E-state index contributed by atoms with van der Waals surface area (Å²) in [5, 5.41) is 1.11. The molecule has 0 fully saturated rings. The third-order valence-corrected chi connectivity index (χ3v) is 4.78. The van der Waals surface area contributed by atoms with Crippen LogP contribution < -0.4 is 10.5 Å². The number of nitrogens with two attached hydrogens (primary N) is 1. The van der Waals surface area contributed by atoms with E-state index in [1.54, 1.807) is 18.4 Å². The molecule has 0 atom stereocenters. The predicted octanol–water partition coefficient (Wildman–Crippen LogP) is 3.89. The lowest BCUT2D eigenvalue weighted by Crippen LogP contribution is -2.28. The molecule has 0 amide bonds. The molecule has 0 aliphatic heterocycles. The maximum atomic E-state index is 6.30. The summed E-state index contributed by atoms with van der Waals surface area (Å²) in [7, 11) is 1.71. The maximum absolute atomic E-state index is 6.30. The number of nitrogens with zero attached hydrogens (tertiary/aromatic N) is 1. The average molecular weight is 304 g/mol. The molecule has 4 heteroatoms. The molecule has 0 aliphatic carbocycles. The van der Waals surface area contributed by atoms with Gasteiger partial charge in [-0.25, -0.2) is 4.98 Å². The topological polar surface area (TPSA) is 48.1 Å². The van der Waals surface area contributed by atoms with Crippen LogP contribution in [0.5, 0.6) is 5.75 Å². The summed E-state index contributed by atoms with van der Waals surface area (Å²) in [5.74, 6) is 0.915. The van der Waals surface area contributed by atoms with Gasteiger partial charge in [0.15, 0.2) is 0 Å². The quantitative estimate of drug-likeness (QED) is 0.880. The van der Waals surface area contributed by atoms with Gasteiger partial charge in [0.05, 0.1) is 17.8 Å². The van der Waals surface area contributed by atoms with E-state index in [9.17, 15) is 0 Å². The fourth-order valence-corrected chi connectivity index (χ4v) is 3.55. The first-order chi connectivity index (χ1) is 9.95. The van der Waals surface area contributed by atoms with E-state index in [-0.39, 0.29) is 5.54 Å². The van der Waals surface area contributed by atoms with Gasteiger partial charge in [-0.3, -0.25) is 0 Å². The molecule has 3 nitrogen and oxygen atoms in total. The third kappa shape index (κ3) is 3.83. The van der Waals surface area contributed by atoms with Gasteiger partial charge >= 0.3 is 0 Å². The highest BCUT2D eigenvalue weighted by Crippen LogP contribution is 2.31. The number of hydrogen-bond donors (Lipinski definition) is 1. The van der Waals surface area contributed by atoms with Crippen LogP contribution in [0.1, 0.15) is 48.3 Å². The Hall–Kier alpha value is -1.39. The van der Waals surface area contributed by atoms with Crippen LogP contribution in [-0.4, -0.2) is 12.1 Å². The van der Waals surface area contributed by atoms with E-state index in [2.05, 4.69) is 13.0 Å². The molecule has 1 heterocycles. The van der Waals surface area contributed by atoms with Crippen molar-refractivity contribution in [1.29, 1.82) is 0 Å². The van der Waals surface area contributed by atoms with Crippen LogP contribution in [0.4, 0.5) is 0 Å². The number of aromatic nitrogens is 1. The molecule has 0 bridgehead atoms. The fraction of sp³-hybridized carbons (Fsp3) is 0.471. The number of ether oxygens (including phenoxy) is 1. The third-order valence-electron chi connectivity index (χ3n) is 3.35. The Balaban J connectivity index is 2.32. The molecular weight excluding hydrogens is 280 g/mol. The minimum absolute atomic E-state index is 0.332. The van der Waals surface area contributed by atoms with Crippen LogP contribution in [0.15, 0.2) is 24.3 Å². The Kier molecular flexibility index (Phi) is 5.01. The molecule has 0 saturated carbocycles. The molecule has 0 saturated heterocycles. The van der Waals surface area contributed by atoms with Crippen molar-refractivity contribution in [1.82, 2.24) is 4.98 Å². The van der Waals surface area contributed by atoms with E-state index in [1.807, 2.05) is 32.0 Å². The van der Waals surface area contributed by atoms with E-state index in [4.69, 9.17) is 15.5 Å². The molecule has 0 radical (unpaired) electrons. The standard InChI is InChI=1S/C17H24N2OS/c1-5-8-13-16(17(2,3)18)21-15(19-13)11-12-9-6-7-10-14(12)20-4/h6-7,9-10H,5,8,11,18H2,1-4H3. The summed E-state index contributed by atoms with van der Waals surface area (Å²) >= 11 is 1.73. The average Bonchev–Trinajstić information content (AvgIpc) is 2.83. The summed E-state index contributed by atoms with van der Waals surface area (Å²) in [6.45, 7) is 6.27. The zero-order valence-electron chi connectivity index (χ0n) is 13.3. The van der Waals surface area contributed by atoms with Gasteiger partial charge in [-0.15, -0.1) is 11.3 Å². The highest BCUT2D eigenvalue weighted by atomic mass is 32.1.